The zero-order chi connectivity index (χ0) is 50.6. The van der Waals surface area contributed by atoms with Gasteiger partial charge in [0.25, 0.3) is 0 Å². The van der Waals surface area contributed by atoms with Crippen molar-refractivity contribution in [3.05, 3.63) is 85.1 Å². The number of allylic oxidation sites excluding steroid dienone is 14. The van der Waals surface area contributed by atoms with E-state index in [4.69, 9.17) is 18.9 Å². The third-order valence-electron chi connectivity index (χ3n) is 11.7. The Morgan fingerprint density at radius 3 is 1.23 bits per heavy atom. The summed E-state index contributed by atoms with van der Waals surface area (Å²) in [7, 11) is 5.91. The van der Waals surface area contributed by atoms with Gasteiger partial charge in [-0.05, 0) is 70.6 Å². The van der Waals surface area contributed by atoms with E-state index in [9.17, 15) is 19.5 Å². The molecule has 0 aliphatic rings. The molecule has 0 amide bonds. The molecule has 0 aromatic heterocycles. The third-order valence-corrected chi connectivity index (χ3v) is 11.7. The minimum atomic E-state index is -1.62. The van der Waals surface area contributed by atoms with Gasteiger partial charge >= 0.3 is 11.9 Å². The molecule has 2 atom stereocenters. The predicted octanol–water partition coefficient (Wildman–Crippen LogP) is 14.7. The fraction of sp³-hybridized carbons (Fsp3) is 0.717. The summed E-state index contributed by atoms with van der Waals surface area (Å²) in [6.07, 6.45) is 63.9. The second-order valence-electron chi connectivity index (χ2n) is 19.5. The Morgan fingerprint density at radius 1 is 0.449 bits per heavy atom. The van der Waals surface area contributed by atoms with Crippen LogP contribution < -0.4 is 5.11 Å². The van der Waals surface area contributed by atoms with Crippen molar-refractivity contribution < 1.29 is 42.9 Å². The van der Waals surface area contributed by atoms with Crippen LogP contribution in [0.5, 0.6) is 0 Å². The third kappa shape index (κ3) is 52.1. The van der Waals surface area contributed by atoms with Crippen LogP contribution in [0.25, 0.3) is 0 Å². The highest BCUT2D eigenvalue weighted by Crippen LogP contribution is 2.15. The van der Waals surface area contributed by atoms with Gasteiger partial charge in [0.2, 0.25) is 0 Å². The lowest BCUT2D eigenvalue weighted by atomic mass is 10.0. The zero-order valence-corrected chi connectivity index (χ0v) is 44.9. The second kappa shape index (κ2) is 50.8. The number of hydrogen-bond donors (Lipinski definition) is 0. The quantitative estimate of drug-likeness (QED) is 0.0195. The molecule has 0 rings (SSSR count). The summed E-state index contributed by atoms with van der Waals surface area (Å²) < 4.78 is 22.5. The number of rotatable bonds is 50. The first-order valence-corrected chi connectivity index (χ1v) is 27.7. The van der Waals surface area contributed by atoms with Crippen LogP contribution in [-0.2, 0) is 33.3 Å². The zero-order valence-electron chi connectivity index (χ0n) is 44.9. The van der Waals surface area contributed by atoms with E-state index in [1.165, 1.54) is 103 Å². The number of carbonyl (C=O) groups is 3. The van der Waals surface area contributed by atoms with Crippen molar-refractivity contribution in [2.75, 3.05) is 47.5 Å². The van der Waals surface area contributed by atoms with Crippen LogP contribution in [-0.4, -0.2) is 82.3 Å². The Labute approximate surface area is 423 Å². The molecule has 2 unspecified atom stereocenters. The molecule has 0 heterocycles. The van der Waals surface area contributed by atoms with E-state index in [1.807, 2.05) is 21.1 Å². The normalized spacial score (nSPS) is 13.5. The molecule has 0 aromatic rings. The van der Waals surface area contributed by atoms with Gasteiger partial charge in [-0.25, -0.2) is 0 Å². The molecule has 69 heavy (non-hydrogen) atoms. The summed E-state index contributed by atoms with van der Waals surface area (Å²) in [6.45, 7) is 4.57. The summed E-state index contributed by atoms with van der Waals surface area (Å²) in [4.78, 5) is 36.9. The Morgan fingerprint density at radius 2 is 0.826 bits per heavy atom. The maximum absolute atomic E-state index is 12.8. The summed E-state index contributed by atoms with van der Waals surface area (Å²) in [6, 6.07) is 0. The first-order valence-electron chi connectivity index (χ1n) is 27.7. The van der Waals surface area contributed by atoms with Crippen molar-refractivity contribution in [2.24, 2.45) is 0 Å². The largest absolute Gasteiger partial charge is 0.545 e. The van der Waals surface area contributed by atoms with Gasteiger partial charge in [0.15, 0.2) is 12.4 Å². The second-order valence-corrected chi connectivity index (χ2v) is 19.5. The van der Waals surface area contributed by atoms with Crippen molar-refractivity contribution in [3.63, 3.8) is 0 Å². The average molecular weight is 966 g/mol. The lowest BCUT2D eigenvalue weighted by molar-refractivity contribution is -0.870. The summed E-state index contributed by atoms with van der Waals surface area (Å²) in [5, 5.41) is 11.7. The molecule has 9 nitrogen and oxygen atoms in total. The Kier molecular flexibility index (Phi) is 48.2. The standard InChI is InChI=1S/C60H103NO8/c1-6-8-10-12-14-15-16-17-18-19-20-21-22-23-24-25-26-27-28-29-30-31-32-33-34-35-36-37-38-39-40-41-42-43-45-47-49-51-58(63)69-56(54-67-57(62)50-48-46-44-13-11-9-7-2)55-68-60(59(64)65)66-53-52-61(3,4)5/h8,10,14-15,17-18,20-21,23-24,26-27,29-30,56,60H,6-7,9,11-13,16,19,22,25,28,31-55H2,1-5H3/b10-8-,15-14-,18-17-,21-20-,24-23-,27-26-,30-29-. The lowest BCUT2D eigenvalue weighted by Gasteiger charge is -2.26. The smallest absolute Gasteiger partial charge is 0.306 e. The number of hydrogen-bond acceptors (Lipinski definition) is 8. The molecule has 0 saturated heterocycles. The van der Waals surface area contributed by atoms with E-state index in [-0.39, 0.29) is 32.2 Å². The average Bonchev–Trinajstić information content (AvgIpc) is 3.31. The molecular formula is C60H103NO8. The van der Waals surface area contributed by atoms with Gasteiger partial charge < -0.3 is 33.3 Å². The minimum absolute atomic E-state index is 0.147. The first-order chi connectivity index (χ1) is 33.6. The molecule has 0 fully saturated rings. The van der Waals surface area contributed by atoms with Crippen LogP contribution in [0.2, 0.25) is 0 Å². The van der Waals surface area contributed by atoms with E-state index < -0.39 is 24.3 Å². The summed E-state index contributed by atoms with van der Waals surface area (Å²) in [5.74, 6) is -2.29. The molecule has 0 aliphatic carbocycles. The number of carboxylic acid groups (broad SMARTS) is 1. The number of nitrogens with zero attached hydrogens (tertiary/aromatic N) is 1. The minimum Gasteiger partial charge on any atom is -0.545 e. The van der Waals surface area contributed by atoms with Crippen LogP contribution in [0.3, 0.4) is 0 Å². The van der Waals surface area contributed by atoms with Gasteiger partial charge in [-0.15, -0.1) is 0 Å². The Hall–Kier alpha value is -3.53. The number of quaternary nitrogens is 1. The van der Waals surface area contributed by atoms with Crippen LogP contribution in [0.1, 0.15) is 219 Å². The maximum Gasteiger partial charge on any atom is 0.306 e. The Bertz CT molecular complexity index is 1400. The SMILES string of the molecule is CC/C=C\C/C=C\C/C=C\C/C=C\C/C=C\C/C=C\C/C=C\CCCCCCCCCCCCCCCCCC(=O)OC(COC(=O)CCCCCCCCC)COC(OCC[N+](C)(C)C)C(=O)[O-]. The molecule has 0 radical (unpaired) electrons. The van der Waals surface area contributed by atoms with Crippen LogP contribution in [0.4, 0.5) is 0 Å². The summed E-state index contributed by atoms with van der Waals surface area (Å²) >= 11 is 0. The van der Waals surface area contributed by atoms with Gasteiger partial charge in [-0.2, -0.15) is 0 Å². The molecule has 0 bridgehead atoms. The van der Waals surface area contributed by atoms with Gasteiger partial charge in [0.1, 0.15) is 13.2 Å². The van der Waals surface area contributed by atoms with E-state index in [0.29, 0.717) is 23.9 Å². The van der Waals surface area contributed by atoms with E-state index in [1.54, 1.807) is 0 Å². The number of ether oxygens (including phenoxy) is 4. The fourth-order valence-corrected chi connectivity index (χ4v) is 7.40. The number of carboxylic acids is 1. The van der Waals surface area contributed by atoms with Crippen LogP contribution >= 0.6 is 0 Å². The summed E-state index contributed by atoms with van der Waals surface area (Å²) in [5.41, 5.74) is 0. The van der Waals surface area contributed by atoms with E-state index in [2.05, 4.69) is 98.9 Å². The highest BCUT2D eigenvalue weighted by Gasteiger charge is 2.22. The maximum atomic E-state index is 12.8. The number of carbonyl (C=O) groups excluding carboxylic acids is 3. The van der Waals surface area contributed by atoms with Gasteiger partial charge in [0, 0.05) is 12.8 Å². The fourth-order valence-electron chi connectivity index (χ4n) is 7.40. The molecular weight excluding hydrogens is 863 g/mol. The molecule has 0 N–H and O–H groups in total. The van der Waals surface area contributed by atoms with Crippen molar-refractivity contribution in [1.82, 2.24) is 0 Å². The molecule has 0 saturated carbocycles. The number of aliphatic carboxylic acids is 1. The van der Waals surface area contributed by atoms with Crippen molar-refractivity contribution in [1.29, 1.82) is 0 Å². The van der Waals surface area contributed by atoms with Crippen molar-refractivity contribution in [3.8, 4) is 0 Å². The molecule has 9 heteroatoms. The topological polar surface area (TPSA) is 111 Å². The predicted molar refractivity (Wildman–Crippen MR) is 288 cm³/mol. The van der Waals surface area contributed by atoms with Gasteiger partial charge in [-0.3, -0.25) is 9.59 Å². The van der Waals surface area contributed by atoms with Gasteiger partial charge in [0.05, 0.1) is 40.3 Å². The highest BCUT2D eigenvalue weighted by atomic mass is 16.7. The molecule has 0 aliphatic heterocycles. The van der Waals surface area contributed by atoms with Crippen LogP contribution in [0.15, 0.2) is 85.1 Å². The number of likely N-dealkylation sites (N-methyl/N-ethyl adjacent to an activating group) is 1. The first kappa shape index (κ1) is 65.5. The molecule has 0 spiro atoms. The van der Waals surface area contributed by atoms with Crippen molar-refractivity contribution >= 4 is 17.9 Å². The molecule has 0 aromatic carbocycles. The van der Waals surface area contributed by atoms with E-state index in [0.717, 1.165) is 83.5 Å². The number of unbranched alkanes of at least 4 members (excludes halogenated alkanes) is 21. The highest BCUT2D eigenvalue weighted by molar-refractivity contribution is 5.70. The molecule has 396 valence electrons. The lowest BCUT2D eigenvalue weighted by Crippen LogP contribution is -2.44. The van der Waals surface area contributed by atoms with E-state index >= 15 is 0 Å². The Balaban J connectivity index is 3.98. The van der Waals surface area contributed by atoms with Gasteiger partial charge in [-0.1, -0.05) is 221 Å². The monoisotopic (exact) mass is 966 g/mol. The van der Waals surface area contributed by atoms with Crippen molar-refractivity contribution in [2.45, 2.75) is 232 Å². The number of esters is 2. The van der Waals surface area contributed by atoms with Crippen LogP contribution in [0, 0.1) is 0 Å².